The maximum absolute atomic E-state index is 5.40. The molecule has 4 nitrogen and oxygen atoms in total. The molecule has 1 aliphatic heterocycles. The number of rotatable bonds is 2. The molecule has 196 valence electrons. The predicted molar refractivity (Wildman–Crippen MR) is 175 cm³/mol. The van der Waals surface area contributed by atoms with Gasteiger partial charge in [0.2, 0.25) is 5.96 Å². The molecule has 41 heavy (non-hydrogen) atoms. The number of hydrogen-bond donors (Lipinski definition) is 0. The molecule has 0 saturated heterocycles. The summed E-state index contributed by atoms with van der Waals surface area (Å²) < 4.78 is 4.80. The lowest BCUT2D eigenvalue weighted by Crippen LogP contribution is -2.15. The molecule has 0 amide bonds. The summed E-state index contributed by atoms with van der Waals surface area (Å²) >= 11 is 1.84. The summed E-state index contributed by atoms with van der Waals surface area (Å²) in [6.45, 7) is 0.695. The average molecular weight is 547 g/mol. The smallest absolute Gasteiger partial charge is 0.237 e. The summed E-state index contributed by atoms with van der Waals surface area (Å²) in [5.41, 5.74) is 5.39. The van der Waals surface area contributed by atoms with Crippen LogP contribution in [0, 0.1) is 0 Å². The topological polar surface area (TPSA) is 42.0 Å². The largest absolute Gasteiger partial charge is 0.276 e. The first kappa shape index (κ1) is 24.0. The molecule has 5 heteroatoms. The van der Waals surface area contributed by atoms with E-state index in [1.165, 1.54) is 30.9 Å². The van der Waals surface area contributed by atoms with Crippen LogP contribution in [0.2, 0.25) is 0 Å². The van der Waals surface area contributed by atoms with Gasteiger partial charge in [-0.15, -0.1) is 11.3 Å². The van der Waals surface area contributed by atoms with Gasteiger partial charge in [-0.1, -0.05) is 109 Å². The molecule has 8 rings (SSSR count). The van der Waals surface area contributed by atoms with Crippen LogP contribution in [0.1, 0.15) is 24.0 Å². The minimum absolute atomic E-state index is 0.643. The summed E-state index contributed by atoms with van der Waals surface area (Å²) in [6, 6.07) is 42.6. The van der Waals surface area contributed by atoms with E-state index in [0.717, 1.165) is 40.7 Å². The summed E-state index contributed by atoms with van der Waals surface area (Å²) in [5.74, 6) is 1.36. The van der Waals surface area contributed by atoms with Crippen LogP contribution < -0.4 is 0 Å². The zero-order chi connectivity index (χ0) is 27.2. The Morgan fingerprint density at radius 3 is 2.10 bits per heavy atom. The molecule has 1 aliphatic rings. The number of aromatic nitrogens is 1. The maximum atomic E-state index is 5.40. The van der Waals surface area contributed by atoms with Gasteiger partial charge in [-0.25, -0.2) is 4.99 Å². The molecule has 0 saturated carbocycles. The third kappa shape index (κ3) is 4.09. The molecule has 0 unspecified atom stereocenters. The molecule has 0 atom stereocenters. The van der Waals surface area contributed by atoms with Crippen molar-refractivity contribution in [2.24, 2.45) is 15.0 Å². The van der Waals surface area contributed by atoms with Crippen LogP contribution in [0.25, 0.3) is 42.0 Å². The summed E-state index contributed by atoms with van der Waals surface area (Å²) in [6.07, 6.45) is 1.73. The molecule has 0 fully saturated rings. The lowest BCUT2D eigenvalue weighted by atomic mass is 10.1. The Balaban J connectivity index is 1.50. The van der Waals surface area contributed by atoms with Crippen LogP contribution in [0.4, 0.5) is 0 Å². The second kappa shape index (κ2) is 9.95. The van der Waals surface area contributed by atoms with Gasteiger partial charge in [0.25, 0.3) is 0 Å². The second-order valence-corrected chi connectivity index (χ2v) is 11.4. The van der Waals surface area contributed by atoms with E-state index in [-0.39, 0.29) is 0 Å². The van der Waals surface area contributed by atoms with Crippen molar-refractivity contribution in [1.82, 2.24) is 4.57 Å². The van der Waals surface area contributed by atoms with Gasteiger partial charge >= 0.3 is 0 Å². The lowest BCUT2D eigenvalue weighted by molar-refractivity contribution is 0.879. The van der Waals surface area contributed by atoms with Crippen LogP contribution in [0.3, 0.4) is 0 Å². The normalized spacial score (nSPS) is 18.3. The highest BCUT2D eigenvalue weighted by Crippen LogP contribution is 2.41. The quantitative estimate of drug-likeness (QED) is 0.208. The first-order valence-electron chi connectivity index (χ1n) is 14.0. The number of aliphatic imine (C=N–C) groups is 3. The Labute approximate surface area is 241 Å². The predicted octanol–water partition coefficient (Wildman–Crippen LogP) is 9.10. The lowest BCUT2D eigenvalue weighted by Gasteiger charge is -2.11. The van der Waals surface area contributed by atoms with E-state index in [1.807, 2.05) is 29.5 Å². The third-order valence-electron chi connectivity index (χ3n) is 7.79. The number of amidine groups is 1. The fourth-order valence-electron chi connectivity index (χ4n) is 5.88. The summed E-state index contributed by atoms with van der Waals surface area (Å²) in [7, 11) is 0. The van der Waals surface area contributed by atoms with Gasteiger partial charge in [-0.05, 0) is 30.5 Å². The van der Waals surface area contributed by atoms with Crippen LogP contribution >= 0.6 is 11.3 Å². The first-order valence-corrected chi connectivity index (χ1v) is 14.8. The second-order valence-electron chi connectivity index (χ2n) is 10.3. The van der Waals surface area contributed by atoms with Gasteiger partial charge in [0.1, 0.15) is 0 Å². The van der Waals surface area contributed by atoms with Crippen LogP contribution in [-0.4, -0.2) is 28.6 Å². The van der Waals surface area contributed by atoms with E-state index >= 15 is 0 Å². The van der Waals surface area contributed by atoms with Crippen molar-refractivity contribution in [2.45, 2.75) is 12.8 Å². The van der Waals surface area contributed by atoms with Crippen molar-refractivity contribution in [1.29, 1.82) is 0 Å². The number of hydrogen-bond acceptors (Lipinski definition) is 4. The van der Waals surface area contributed by atoms with Gasteiger partial charge in [-0.3, -0.25) is 9.56 Å². The fraction of sp³-hybridized carbons (Fsp3) is 0.0833. The highest BCUT2D eigenvalue weighted by Gasteiger charge is 2.21. The van der Waals surface area contributed by atoms with E-state index < -0.39 is 0 Å². The highest BCUT2D eigenvalue weighted by atomic mass is 32.1. The van der Waals surface area contributed by atoms with Gasteiger partial charge in [0, 0.05) is 38.4 Å². The Bertz CT molecular complexity index is 2170. The molecule has 3 heterocycles. The number of nitrogens with zero attached hydrogens (tertiary/aromatic N) is 4. The van der Waals surface area contributed by atoms with Crippen LogP contribution in [-0.2, 0) is 0 Å². The summed E-state index contributed by atoms with van der Waals surface area (Å²) in [5, 5.41) is 4.94. The zero-order valence-corrected chi connectivity index (χ0v) is 23.2. The molecular formula is C36H26N4S. The van der Waals surface area contributed by atoms with Gasteiger partial charge in [-0.2, -0.15) is 4.99 Å². The number of thiophene rings is 1. The Morgan fingerprint density at radius 2 is 1.27 bits per heavy atom. The standard InChI is InChI=1S/C36H26N4S/c1-3-12-24(13-4-1)30-18-11-23-37-35(25-14-5-2-6-15-25)39-36(38-30)40-31-19-9-7-16-26(31)28-21-22-29-27-17-8-10-20-32(27)41-34(29)33(28)40/h1-10,12-17,19-22H,11,18,23H2/b37-35-,38-30-,39-36+. The van der Waals surface area contributed by atoms with Crippen molar-refractivity contribution in [2.75, 3.05) is 6.54 Å². The van der Waals surface area contributed by atoms with E-state index in [9.17, 15) is 0 Å². The third-order valence-corrected chi connectivity index (χ3v) is 8.99. The molecule has 0 radical (unpaired) electrons. The van der Waals surface area contributed by atoms with Crippen molar-refractivity contribution < 1.29 is 0 Å². The highest BCUT2D eigenvalue weighted by molar-refractivity contribution is 7.26. The maximum Gasteiger partial charge on any atom is 0.237 e. The van der Waals surface area contributed by atoms with Crippen LogP contribution in [0.15, 0.2) is 136 Å². The van der Waals surface area contributed by atoms with E-state index in [4.69, 9.17) is 15.0 Å². The Morgan fingerprint density at radius 1 is 0.585 bits per heavy atom. The van der Waals surface area contributed by atoms with Crippen LogP contribution in [0.5, 0.6) is 0 Å². The molecule has 0 N–H and O–H groups in total. The van der Waals surface area contributed by atoms with E-state index in [0.29, 0.717) is 18.3 Å². The molecule has 0 bridgehead atoms. The van der Waals surface area contributed by atoms with E-state index in [2.05, 4.69) is 108 Å². The van der Waals surface area contributed by atoms with Gasteiger partial charge in [0.15, 0.2) is 5.84 Å². The molecule has 7 aromatic rings. The molecule has 0 aliphatic carbocycles. The van der Waals surface area contributed by atoms with Gasteiger partial charge < -0.3 is 0 Å². The van der Waals surface area contributed by atoms with Crippen molar-refractivity contribution >= 4 is 70.8 Å². The molecule has 0 spiro atoms. The number of benzene rings is 5. The van der Waals surface area contributed by atoms with Crippen molar-refractivity contribution in [3.63, 3.8) is 0 Å². The average Bonchev–Trinajstić information content (AvgIpc) is 3.60. The minimum Gasteiger partial charge on any atom is -0.276 e. The summed E-state index contributed by atoms with van der Waals surface area (Å²) in [4.78, 5) is 15.7. The number of para-hydroxylation sites is 1. The monoisotopic (exact) mass is 546 g/mol. The van der Waals surface area contributed by atoms with Crippen molar-refractivity contribution in [3.05, 3.63) is 132 Å². The SMILES string of the molecule is c1ccc(\C2=N/C(n3c4ccccc4c4ccc5c6ccccc6sc5c43)=N\C(c3ccccc3)=N/CCC2)cc1. The van der Waals surface area contributed by atoms with Gasteiger partial charge in [0.05, 0.1) is 21.4 Å². The Hall–Kier alpha value is -4.87. The number of fused-ring (bicyclic) bond motifs is 7. The zero-order valence-electron chi connectivity index (χ0n) is 22.4. The minimum atomic E-state index is 0.643. The molecule has 5 aromatic carbocycles. The van der Waals surface area contributed by atoms with Crippen molar-refractivity contribution in [3.8, 4) is 0 Å². The first-order chi connectivity index (χ1) is 20.3. The molecule has 2 aromatic heterocycles. The van der Waals surface area contributed by atoms with E-state index in [1.54, 1.807) is 0 Å². The molecular weight excluding hydrogens is 520 g/mol. The Kier molecular flexibility index (Phi) is 5.82. The fourth-order valence-corrected chi connectivity index (χ4v) is 7.12.